The van der Waals surface area contributed by atoms with Gasteiger partial charge in [-0.1, -0.05) is 29.8 Å². The fourth-order valence-corrected chi connectivity index (χ4v) is 1.16. The van der Waals surface area contributed by atoms with E-state index in [0.29, 0.717) is 11.4 Å². The zero-order valence-electron chi connectivity index (χ0n) is 9.01. The molecule has 0 fully saturated rings. The first kappa shape index (κ1) is 13.9. The van der Waals surface area contributed by atoms with Crippen molar-refractivity contribution in [1.29, 1.82) is 0 Å². The van der Waals surface area contributed by atoms with Crippen LogP contribution >= 0.6 is 15.9 Å². The standard InChI is InChI=1S/C10H20BrNO2/c1-3-7-14-8-10(13)12-6-5-9(11)4-2/h9H,3-8H2,1-2H3,(H,12,13). The van der Waals surface area contributed by atoms with Crippen molar-refractivity contribution >= 4 is 21.8 Å². The molecule has 3 nitrogen and oxygen atoms in total. The van der Waals surface area contributed by atoms with E-state index in [-0.39, 0.29) is 12.5 Å². The molecule has 0 aromatic carbocycles. The van der Waals surface area contributed by atoms with E-state index in [0.717, 1.165) is 25.8 Å². The number of carbonyl (C=O) groups is 1. The van der Waals surface area contributed by atoms with Crippen LogP contribution in [0.1, 0.15) is 33.1 Å². The highest BCUT2D eigenvalue weighted by atomic mass is 79.9. The topological polar surface area (TPSA) is 38.3 Å². The molecule has 0 aromatic heterocycles. The van der Waals surface area contributed by atoms with Gasteiger partial charge in [0.15, 0.2) is 0 Å². The molecular formula is C10H20BrNO2. The van der Waals surface area contributed by atoms with E-state index in [1.807, 2.05) is 6.92 Å². The lowest BCUT2D eigenvalue weighted by atomic mass is 10.2. The molecule has 1 amide bonds. The maximum absolute atomic E-state index is 11.1. The minimum Gasteiger partial charge on any atom is -0.372 e. The Labute approximate surface area is 94.7 Å². The number of rotatable bonds is 8. The molecule has 0 saturated heterocycles. The highest BCUT2D eigenvalue weighted by molar-refractivity contribution is 9.09. The van der Waals surface area contributed by atoms with Crippen LogP contribution in [0, 0.1) is 0 Å². The van der Waals surface area contributed by atoms with Crippen molar-refractivity contribution in [3.63, 3.8) is 0 Å². The largest absolute Gasteiger partial charge is 0.372 e. The molecule has 1 N–H and O–H groups in total. The molecule has 14 heavy (non-hydrogen) atoms. The predicted octanol–water partition coefficient (Wildman–Crippen LogP) is 2.09. The third kappa shape index (κ3) is 8.51. The predicted molar refractivity (Wildman–Crippen MR) is 61.7 cm³/mol. The Morgan fingerprint density at radius 1 is 1.50 bits per heavy atom. The van der Waals surface area contributed by atoms with E-state index < -0.39 is 0 Å². The van der Waals surface area contributed by atoms with Gasteiger partial charge in [0, 0.05) is 18.0 Å². The first-order valence-corrected chi connectivity index (χ1v) is 6.10. The molecule has 84 valence electrons. The Balaban J connectivity index is 3.26. The molecule has 0 aromatic rings. The van der Waals surface area contributed by atoms with Crippen molar-refractivity contribution in [1.82, 2.24) is 5.32 Å². The second kappa shape index (κ2) is 9.46. The van der Waals surface area contributed by atoms with Gasteiger partial charge in [0.2, 0.25) is 5.91 Å². The molecule has 4 heteroatoms. The minimum atomic E-state index is -0.0192. The van der Waals surface area contributed by atoms with E-state index in [4.69, 9.17) is 4.74 Å². The van der Waals surface area contributed by atoms with Crippen LogP contribution in [0.15, 0.2) is 0 Å². The van der Waals surface area contributed by atoms with Gasteiger partial charge in [0.1, 0.15) is 6.61 Å². The van der Waals surface area contributed by atoms with Crippen molar-refractivity contribution in [3.8, 4) is 0 Å². The Hall–Kier alpha value is -0.0900. The van der Waals surface area contributed by atoms with Crippen LogP contribution in [-0.4, -0.2) is 30.5 Å². The second-order valence-corrected chi connectivity index (χ2v) is 4.49. The van der Waals surface area contributed by atoms with Crippen molar-refractivity contribution in [2.45, 2.75) is 37.9 Å². The Bertz CT molecular complexity index is 153. The summed E-state index contributed by atoms with van der Waals surface area (Å²) in [6, 6.07) is 0. The van der Waals surface area contributed by atoms with E-state index in [1.54, 1.807) is 0 Å². The maximum atomic E-state index is 11.1. The lowest BCUT2D eigenvalue weighted by Gasteiger charge is -2.08. The normalized spacial score (nSPS) is 12.5. The third-order valence-electron chi connectivity index (χ3n) is 1.80. The number of halogens is 1. The Morgan fingerprint density at radius 3 is 2.79 bits per heavy atom. The van der Waals surface area contributed by atoms with Gasteiger partial charge in [0.05, 0.1) is 0 Å². The summed E-state index contributed by atoms with van der Waals surface area (Å²) in [6.07, 6.45) is 3.00. The van der Waals surface area contributed by atoms with Crippen molar-refractivity contribution in [2.24, 2.45) is 0 Å². The smallest absolute Gasteiger partial charge is 0.245 e. The van der Waals surface area contributed by atoms with Gasteiger partial charge in [0.25, 0.3) is 0 Å². The zero-order valence-corrected chi connectivity index (χ0v) is 10.6. The average Bonchev–Trinajstić information content (AvgIpc) is 2.18. The first-order valence-electron chi connectivity index (χ1n) is 5.19. The minimum absolute atomic E-state index is 0.0192. The second-order valence-electron chi connectivity index (χ2n) is 3.20. The summed E-state index contributed by atoms with van der Waals surface area (Å²) in [6.45, 7) is 5.70. The fraction of sp³-hybridized carbons (Fsp3) is 0.900. The zero-order chi connectivity index (χ0) is 10.8. The number of hydrogen-bond donors (Lipinski definition) is 1. The van der Waals surface area contributed by atoms with Crippen LogP contribution in [0.25, 0.3) is 0 Å². The molecule has 0 bridgehead atoms. The number of hydrogen-bond acceptors (Lipinski definition) is 2. The Kier molecular flexibility index (Phi) is 9.40. The van der Waals surface area contributed by atoms with Gasteiger partial charge in [-0.05, 0) is 19.3 Å². The van der Waals surface area contributed by atoms with Gasteiger partial charge in [-0.25, -0.2) is 0 Å². The quantitative estimate of drug-likeness (QED) is 0.539. The molecular weight excluding hydrogens is 246 g/mol. The summed E-state index contributed by atoms with van der Waals surface area (Å²) < 4.78 is 5.10. The van der Waals surface area contributed by atoms with Crippen LogP contribution in [0.5, 0.6) is 0 Å². The Morgan fingerprint density at radius 2 is 2.21 bits per heavy atom. The van der Waals surface area contributed by atoms with Crippen molar-refractivity contribution < 1.29 is 9.53 Å². The molecule has 0 spiro atoms. The van der Waals surface area contributed by atoms with Crippen LogP contribution < -0.4 is 5.32 Å². The number of carbonyl (C=O) groups excluding carboxylic acids is 1. The van der Waals surface area contributed by atoms with Gasteiger partial charge >= 0.3 is 0 Å². The molecule has 0 heterocycles. The fourth-order valence-electron chi connectivity index (χ4n) is 0.933. The van der Waals surface area contributed by atoms with Crippen LogP contribution in [-0.2, 0) is 9.53 Å². The van der Waals surface area contributed by atoms with E-state index in [1.165, 1.54) is 0 Å². The highest BCUT2D eigenvalue weighted by Gasteiger charge is 2.03. The molecule has 0 aliphatic carbocycles. The maximum Gasteiger partial charge on any atom is 0.245 e. The van der Waals surface area contributed by atoms with Crippen LogP contribution in [0.3, 0.4) is 0 Å². The van der Waals surface area contributed by atoms with Gasteiger partial charge in [-0.2, -0.15) is 0 Å². The number of ether oxygens (including phenoxy) is 1. The highest BCUT2D eigenvalue weighted by Crippen LogP contribution is 2.07. The van der Waals surface area contributed by atoms with E-state index in [2.05, 4.69) is 28.2 Å². The van der Waals surface area contributed by atoms with Crippen LogP contribution in [0.4, 0.5) is 0 Å². The summed E-state index contributed by atoms with van der Waals surface area (Å²) in [4.78, 5) is 11.6. The summed E-state index contributed by atoms with van der Waals surface area (Å²) in [5, 5.41) is 2.81. The number of amides is 1. The molecule has 0 rings (SSSR count). The molecule has 0 saturated carbocycles. The lowest BCUT2D eigenvalue weighted by molar-refractivity contribution is -0.125. The summed E-state index contributed by atoms with van der Waals surface area (Å²) in [5.74, 6) is -0.0192. The molecule has 0 aliphatic heterocycles. The van der Waals surface area contributed by atoms with Gasteiger partial charge in [-0.15, -0.1) is 0 Å². The third-order valence-corrected chi connectivity index (χ3v) is 2.91. The van der Waals surface area contributed by atoms with Crippen LogP contribution in [0.2, 0.25) is 0 Å². The summed E-state index contributed by atoms with van der Waals surface area (Å²) in [7, 11) is 0. The SMILES string of the molecule is CCCOCC(=O)NCCC(Br)CC. The molecule has 0 radical (unpaired) electrons. The van der Waals surface area contributed by atoms with Gasteiger partial charge in [-0.3, -0.25) is 4.79 Å². The van der Waals surface area contributed by atoms with E-state index >= 15 is 0 Å². The monoisotopic (exact) mass is 265 g/mol. The van der Waals surface area contributed by atoms with Crippen molar-refractivity contribution in [2.75, 3.05) is 19.8 Å². The van der Waals surface area contributed by atoms with Gasteiger partial charge < -0.3 is 10.1 Å². The number of nitrogens with one attached hydrogen (secondary N) is 1. The van der Waals surface area contributed by atoms with E-state index in [9.17, 15) is 4.79 Å². The lowest BCUT2D eigenvalue weighted by Crippen LogP contribution is -2.29. The molecule has 1 atom stereocenters. The average molecular weight is 266 g/mol. The van der Waals surface area contributed by atoms with Crippen molar-refractivity contribution in [3.05, 3.63) is 0 Å². The summed E-state index contributed by atoms with van der Waals surface area (Å²) in [5.41, 5.74) is 0. The number of alkyl halides is 1. The molecule has 1 unspecified atom stereocenters. The molecule has 0 aliphatic rings. The first-order chi connectivity index (χ1) is 6.70. The summed E-state index contributed by atoms with van der Waals surface area (Å²) >= 11 is 3.51.